The van der Waals surface area contributed by atoms with Gasteiger partial charge in [-0.2, -0.15) is 4.98 Å². The lowest BCUT2D eigenvalue weighted by molar-refractivity contribution is -0.136. The van der Waals surface area contributed by atoms with E-state index in [1.165, 1.54) is 12.3 Å². The van der Waals surface area contributed by atoms with Gasteiger partial charge in [-0.3, -0.25) is 48.5 Å². The Hall–Kier alpha value is -6.03. The van der Waals surface area contributed by atoms with Gasteiger partial charge in [0.15, 0.2) is 5.65 Å². The zero-order valence-electron chi connectivity index (χ0n) is 31.7. The standard InChI is InChI=1S/C41H46N10O6/c52-33(45-30-11-7-10-29-36(30)40(57)51(39(29)56)32-17-18-34(53)46-38(32)55)12-3-1-2-6-19-48-20-22-49(23-21-48)27-15-13-26(14-16-27)44-41-43-24-31-37(47-41)50(35(54)25-42-31)28-8-4-5-9-28/h7,10-11,13-16,24-25,28,32H,1-6,8-9,12,17-23H2,(H,45,52)(H,43,44,47)(H,46,53,55). The van der Waals surface area contributed by atoms with Gasteiger partial charge in [0.2, 0.25) is 23.7 Å². The van der Waals surface area contributed by atoms with E-state index in [2.05, 4.69) is 47.9 Å². The first-order chi connectivity index (χ1) is 27.7. The van der Waals surface area contributed by atoms with Crippen molar-refractivity contribution >= 4 is 63.7 Å². The van der Waals surface area contributed by atoms with Gasteiger partial charge in [0.05, 0.1) is 29.2 Å². The topological polar surface area (TPSA) is 192 Å². The number of fused-ring (bicyclic) bond motifs is 2. The number of rotatable bonds is 13. The van der Waals surface area contributed by atoms with E-state index in [0.717, 1.165) is 93.9 Å². The number of carbonyl (C=O) groups is 5. The minimum Gasteiger partial charge on any atom is -0.369 e. The minimum atomic E-state index is -1.06. The number of piperidine rings is 1. The molecule has 3 N–H and O–H groups in total. The van der Waals surface area contributed by atoms with Crippen LogP contribution >= 0.6 is 0 Å². The van der Waals surface area contributed by atoms with Crippen molar-refractivity contribution in [1.29, 1.82) is 0 Å². The maximum absolute atomic E-state index is 13.3. The highest BCUT2D eigenvalue weighted by atomic mass is 16.2. The molecule has 16 heteroatoms. The molecule has 1 atom stereocenters. The molecule has 5 heterocycles. The number of nitrogens with zero attached hydrogens (tertiary/aromatic N) is 7. The third-order valence-electron chi connectivity index (χ3n) is 11.5. The Bertz CT molecular complexity index is 2260. The molecule has 296 valence electrons. The highest BCUT2D eigenvalue weighted by Gasteiger charge is 2.45. The molecule has 0 spiro atoms. The first-order valence-electron chi connectivity index (χ1n) is 20.0. The Morgan fingerprint density at radius 3 is 2.37 bits per heavy atom. The monoisotopic (exact) mass is 774 g/mol. The lowest BCUT2D eigenvalue weighted by Gasteiger charge is -2.36. The van der Waals surface area contributed by atoms with Gasteiger partial charge >= 0.3 is 0 Å². The Morgan fingerprint density at radius 2 is 1.60 bits per heavy atom. The SMILES string of the molecule is O=C1CCC(N2C(=O)c3cccc(NC(=O)CCCCCCN4CCN(c5ccc(Nc6ncc7ncc(=O)n(C8CCCC8)c7n6)cc5)CC4)c3C2=O)C(=O)N1. The van der Waals surface area contributed by atoms with Crippen molar-refractivity contribution in [2.45, 2.75) is 82.7 Å². The van der Waals surface area contributed by atoms with E-state index < -0.39 is 29.7 Å². The lowest BCUT2D eigenvalue weighted by atomic mass is 10.0. The number of imide groups is 2. The van der Waals surface area contributed by atoms with Crippen LogP contribution < -0.4 is 26.4 Å². The molecule has 3 aliphatic heterocycles. The first-order valence-corrected chi connectivity index (χ1v) is 20.0. The third-order valence-corrected chi connectivity index (χ3v) is 11.5. The van der Waals surface area contributed by atoms with Gasteiger partial charge in [-0.1, -0.05) is 31.7 Å². The normalized spacial score (nSPS) is 19.0. The molecule has 2 saturated heterocycles. The fraction of sp³-hybridized carbons (Fsp3) is 0.439. The number of amides is 5. The van der Waals surface area contributed by atoms with E-state index in [0.29, 0.717) is 23.5 Å². The zero-order valence-corrected chi connectivity index (χ0v) is 31.7. The van der Waals surface area contributed by atoms with Crippen LogP contribution in [0, 0.1) is 0 Å². The summed E-state index contributed by atoms with van der Waals surface area (Å²) in [5, 5.41) is 8.28. The quantitative estimate of drug-likeness (QED) is 0.130. The maximum atomic E-state index is 13.3. The number of anilines is 4. The summed E-state index contributed by atoms with van der Waals surface area (Å²) in [6.07, 6.45) is 11.2. The van der Waals surface area contributed by atoms with Crippen LogP contribution in [0.3, 0.4) is 0 Å². The van der Waals surface area contributed by atoms with E-state index in [1.54, 1.807) is 22.9 Å². The molecule has 0 radical (unpaired) electrons. The molecule has 1 unspecified atom stereocenters. The summed E-state index contributed by atoms with van der Waals surface area (Å²) in [6, 6.07) is 12.0. The van der Waals surface area contributed by atoms with Gasteiger partial charge in [-0.05, 0) is 75.0 Å². The van der Waals surface area contributed by atoms with Crippen LogP contribution in [0.1, 0.15) is 97.4 Å². The average molecular weight is 775 g/mol. The van der Waals surface area contributed by atoms with E-state index >= 15 is 0 Å². The smallest absolute Gasteiger partial charge is 0.270 e. The van der Waals surface area contributed by atoms with Crippen molar-refractivity contribution < 1.29 is 24.0 Å². The predicted octanol–water partition coefficient (Wildman–Crippen LogP) is 4.16. The van der Waals surface area contributed by atoms with Crippen molar-refractivity contribution in [3.05, 3.63) is 76.3 Å². The molecule has 57 heavy (non-hydrogen) atoms. The van der Waals surface area contributed by atoms with Crippen LogP contribution in [0.15, 0.2) is 59.7 Å². The molecule has 1 saturated carbocycles. The largest absolute Gasteiger partial charge is 0.369 e. The van der Waals surface area contributed by atoms with Crippen LogP contribution in [-0.4, -0.2) is 97.6 Å². The Balaban J connectivity index is 0.746. The van der Waals surface area contributed by atoms with Crippen LogP contribution in [0.5, 0.6) is 0 Å². The van der Waals surface area contributed by atoms with Crippen molar-refractivity contribution in [2.75, 3.05) is 48.3 Å². The molecule has 5 amide bonds. The van der Waals surface area contributed by atoms with E-state index in [4.69, 9.17) is 4.98 Å². The molecule has 4 aliphatic rings. The van der Waals surface area contributed by atoms with Crippen LogP contribution in [0.2, 0.25) is 0 Å². The van der Waals surface area contributed by atoms with Crippen LogP contribution in [-0.2, 0) is 14.4 Å². The van der Waals surface area contributed by atoms with Crippen molar-refractivity contribution in [3.63, 3.8) is 0 Å². The number of benzene rings is 2. The van der Waals surface area contributed by atoms with E-state index in [-0.39, 0.29) is 53.6 Å². The van der Waals surface area contributed by atoms with E-state index in [9.17, 15) is 28.8 Å². The molecule has 0 bridgehead atoms. The van der Waals surface area contributed by atoms with E-state index in [1.807, 2.05) is 12.1 Å². The highest BCUT2D eigenvalue weighted by Crippen LogP contribution is 2.33. The molecule has 1 aliphatic carbocycles. The summed E-state index contributed by atoms with van der Waals surface area (Å²) in [7, 11) is 0. The highest BCUT2D eigenvalue weighted by molar-refractivity contribution is 6.26. The predicted molar refractivity (Wildman–Crippen MR) is 212 cm³/mol. The Kier molecular flexibility index (Phi) is 11.0. The second-order valence-corrected chi connectivity index (χ2v) is 15.2. The summed E-state index contributed by atoms with van der Waals surface area (Å²) in [5.74, 6) is -2.17. The number of aromatic nitrogens is 4. The number of hydrogen-bond acceptors (Lipinski definition) is 12. The average Bonchev–Trinajstić information content (AvgIpc) is 3.83. The fourth-order valence-corrected chi connectivity index (χ4v) is 8.42. The number of hydrogen-bond donors (Lipinski definition) is 3. The molecule has 8 rings (SSSR count). The number of unbranched alkanes of at least 4 members (excludes halogenated alkanes) is 3. The second-order valence-electron chi connectivity index (χ2n) is 15.2. The second kappa shape index (κ2) is 16.6. The molecule has 2 aromatic carbocycles. The van der Waals surface area contributed by atoms with Gasteiger partial charge in [0, 0.05) is 56.4 Å². The Morgan fingerprint density at radius 1 is 0.825 bits per heavy atom. The molecule has 3 fully saturated rings. The van der Waals surface area contributed by atoms with Crippen LogP contribution in [0.4, 0.5) is 23.0 Å². The van der Waals surface area contributed by atoms with Crippen molar-refractivity contribution in [3.8, 4) is 0 Å². The molecule has 2 aromatic heterocycles. The lowest BCUT2D eigenvalue weighted by Crippen LogP contribution is -2.54. The van der Waals surface area contributed by atoms with Crippen molar-refractivity contribution in [2.24, 2.45) is 0 Å². The summed E-state index contributed by atoms with van der Waals surface area (Å²) < 4.78 is 1.78. The fourth-order valence-electron chi connectivity index (χ4n) is 8.42. The number of piperazine rings is 1. The Labute approximate surface area is 329 Å². The third kappa shape index (κ3) is 8.12. The summed E-state index contributed by atoms with van der Waals surface area (Å²) in [4.78, 5) is 95.1. The zero-order chi connectivity index (χ0) is 39.5. The van der Waals surface area contributed by atoms with Gasteiger partial charge in [-0.15, -0.1) is 0 Å². The van der Waals surface area contributed by atoms with Crippen molar-refractivity contribution in [1.82, 2.24) is 34.6 Å². The van der Waals surface area contributed by atoms with Gasteiger partial charge < -0.3 is 15.5 Å². The number of carbonyl (C=O) groups excluding carboxylic acids is 5. The molecular formula is C41H46N10O6. The minimum absolute atomic E-state index is 0.0378. The molecule has 4 aromatic rings. The van der Waals surface area contributed by atoms with Gasteiger partial charge in [0.25, 0.3) is 17.4 Å². The summed E-state index contributed by atoms with van der Waals surface area (Å²) >= 11 is 0. The summed E-state index contributed by atoms with van der Waals surface area (Å²) in [6.45, 7) is 4.78. The summed E-state index contributed by atoms with van der Waals surface area (Å²) in [5.41, 5.74) is 3.53. The van der Waals surface area contributed by atoms with Crippen LogP contribution in [0.25, 0.3) is 11.2 Å². The molecular weight excluding hydrogens is 729 g/mol. The van der Waals surface area contributed by atoms with Gasteiger partial charge in [0.1, 0.15) is 11.6 Å². The van der Waals surface area contributed by atoms with Gasteiger partial charge in [-0.25, -0.2) is 9.97 Å². The number of nitrogens with one attached hydrogen (secondary N) is 3. The molecule has 16 nitrogen and oxygen atoms in total. The maximum Gasteiger partial charge on any atom is 0.270 e. The first kappa shape index (κ1) is 37.9.